The summed E-state index contributed by atoms with van der Waals surface area (Å²) < 4.78 is -0.871. The summed E-state index contributed by atoms with van der Waals surface area (Å²) in [6.07, 6.45) is 2.64. The fourth-order valence-electron chi connectivity index (χ4n) is 4.92. The van der Waals surface area contributed by atoms with Crippen LogP contribution in [-0.4, -0.2) is 62.4 Å². The smallest absolute Gasteiger partial charge is 0.481 e. The minimum atomic E-state index is -1.52. The molecule has 1 aromatic rings. The molecule has 0 aliphatic carbocycles. The number of quaternary nitrogens is 1. The number of hydrogen-bond acceptors (Lipinski definition) is 6. The van der Waals surface area contributed by atoms with Crippen molar-refractivity contribution in [2.24, 2.45) is 0 Å². The number of nitrogens with zero attached hydrogens (tertiary/aromatic N) is 4. The van der Waals surface area contributed by atoms with Crippen LogP contribution < -0.4 is 14.5 Å². The monoisotopic (exact) mass is 443 g/mol. The SMILES string of the molecule is CCC1N(C(=O)O)c2ccc3cc2[N+]1(C(=O)O)N3C1(C(C)=O)C=CN(CCC(=O)O)C=C1. The molecule has 2 bridgehead atoms. The van der Waals surface area contributed by atoms with Gasteiger partial charge in [-0.3, -0.25) is 9.59 Å². The van der Waals surface area contributed by atoms with Crippen LogP contribution in [-0.2, 0) is 9.59 Å². The molecule has 2 amide bonds. The van der Waals surface area contributed by atoms with Crippen LogP contribution in [0.2, 0.25) is 0 Å². The van der Waals surface area contributed by atoms with Gasteiger partial charge in [-0.05, 0) is 31.2 Å². The number of hydrogen-bond donors (Lipinski definition) is 3. The van der Waals surface area contributed by atoms with Crippen molar-refractivity contribution in [3.63, 3.8) is 0 Å². The Hall–Kier alpha value is -3.86. The number of carbonyl (C=O) groups is 4. The maximum absolute atomic E-state index is 13.1. The predicted molar refractivity (Wildman–Crippen MR) is 114 cm³/mol. The van der Waals surface area contributed by atoms with Gasteiger partial charge in [-0.25, -0.2) is 9.69 Å². The van der Waals surface area contributed by atoms with Crippen LogP contribution in [0.25, 0.3) is 0 Å². The van der Waals surface area contributed by atoms with Crippen LogP contribution in [0.3, 0.4) is 0 Å². The molecule has 168 valence electrons. The highest BCUT2D eigenvalue weighted by Crippen LogP contribution is 2.57. The number of carboxylic acid groups (broad SMARTS) is 3. The molecule has 2 atom stereocenters. The molecule has 1 aromatic carbocycles. The molecular formula is C21H23N4O7+. The Morgan fingerprint density at radius 3 is 2.25 bits per heavy atom. The van der Waals surface area contributed by atoms with Crippen molar-refractivity contribution in [1.29, 1.82) is 0 Å². The summed E-state index contributed by atoms with van der Waals surface area (Å²) >= 11 is 0. The lowest BCUT2D eigenvalue weighted by Crippen LogP contribution is -2.76. The summed E-state index contributed by atoms with van der Waals surface area (Å²) in [5.74, 6) is -1.33. The van der Waals surface area contributed by atoms with Gasteiger partial charge < -0.3 is 20.2 Å². The zero-order chi connectivity index (χ0) is 23.4. The van der Waals surface area contributed by atoms with E-state index in [-0.39, 0.29) is 36.5 Å². The Bertz CT molecular complexity index is 1080. The number of amides is 2. The van der Waals surface area contributed by atoms with Gasteiger partial charge in [0.1, 0.15) is 5.69 Å². The van der Waals surface area contributed by atoms with Gasteiger partial charge in [0.05, 0.1) is 12.1 Å². The van der Waals surface area contributed by atoms with Crippen LogP contribution in [0.1, 0.15) is 26.7 Å². The lowest BCUT2D eigenvalue weighted by atomic mass is 9.91. The van der Waals surface area contributed by atoms with E-state index in [0.29, 0.717) is 5.69 Å². The first-order valence-corrected chi connectivity index (χ1v) is 10.1. The Kier molecular flexibility index (Phi) is 4.74. The molecule has 3 N–H and O–H groups in total. The average Bonchev–Trinajstić information content (AvgIpc) is 3.17. The summed E-state index contributed by atoms with van der Waals surface area (Å²) in [7, 11) is 0. The zero-order valence-corrected chi connectivity index (χ0v) is 17.5. The largest absolute Gasteiger partial charge is 0.546 e. The third-order valence-electron chi connectivity index (χ3n) is 6.28. The van der Waals surface area contributed by atoms with Crippen LogP contribution in [0.5, 0.6) is 0 Å². The van der Waals surface area contributed by atoms with Crippen molar-refractivity contribution in [3.05, 3.63) is 42.8 Å². The minimum Gasteiger partial charge on any atom is -0.481 e. The van der Waals surface area contributed by atoms with Gasteiger partial charge in [0.25, 0.3) is 0 Å². The first kappa shape index (κ1) is 21.4. The second-order valence-electron chi connectivity index (χ2n) is 7.89. The number of carboxylic acids is 1. The number of benzene rings is 1. The molecule has 0 spiro atoms. The summed E-state index contributed by atoms with van der Waals surface area (Å²) in [5.41, 5.74) is -0.505. The van der Waals surface area contributed by atoms with Crippen molar-refractivity contribution in [3.8, 4) is 0 Å². The summed E-state index contributed by atoms with van der Waals surface area (Å²) in [4.78, 5) is 51.6. The van der Waals surface area contributed by atoms with E-state index in [4.69, 9.17) is 5.11 Å². The molecule has 3 aliphatic rings. The Morgan fingerprint density at radius 1 is 1.09 bits per heavy atom. The van der Waals surface area contributed by atoms with E-state index in [1.165, 1.54) is 24.1 Å². The molecule has 3 heterocycles. The first-order chi connectivity index (χ1) is 15.1. The van der Waals surface area contributed by atoms with Gasteiger partial charge in [-0.2, -0.15) is 9.80 Å². The van der Waals surface area contributed by atoms with Crippen LogP contribution >= 0.6 is 0 Å². The second-order valence-corrected chi connectivity index (χ2v) is 7.89. The van der Waals surface area contributed by atoms with E-state index >= 15 is 0 Å². The molecule has 32 heavy (non-hydrogen) atoms. The molecule has 2 unspecified atom stereocenters. The number of Topliss-reactive ketones (excluding diaryl/α,β-unsaturated/α-hetero) is 1. The van der Waals surface area contributed by atoms with Gasteiger partial charge in [0.15, 0.2) is 17.0 Å². The van der Waals surface area contributed by atoms with E-state index in [2.05, 4.69) is 0 Å². The molecule has 0 aromatic heterocycles. The Morgan fingerprint density at radius 2 is 1.75 bits per heavy atom. The quantitative estimate of drug-likeness (QED) is 0.566. The maximum atomic E-state index is 13.1. The van der Waals surface area contributed by atoms with Gasteiger partial charge in [-0.1, -0.05) is 11.5 Å². The molecule has 0 fully saturated rings. The minimum absolute atomic E-state index is 0.115. The van der Waals surface area contributed by atoms with Crippen molar-refractivity contribution in [2.75, 3.05) is 16.5 Å². The number of fused-ring (bicyclic) bond motifs is 1. The lowest BCUT2D eigenvalue weighted by molar-refractivity contribution is -0.137. The number of rotatable bonds is 6. The van der Waals surface area contributed by atoms with Gasteiger partial charge in [0, 0.05) is 31.4 Å². The Labute approximate surface area is 183 Å². The molecule has 11 heteroatoms. The molecule has 0 saturated carbocycles. The summed E-state index contributed by atoms with van der Waals surface area (Å²) in [6, 6.07) is 4.78. The van der Waals surface area contributed by atoms with Crippen molar-refractivity contribution >= 4 is 41.0 Å². The molecule has 3 aliphatic heterocycles. The topological polar surface area (TPSA) is 139 Å². The third kappa shape index (κ3) is 2.57. The number of carbonyl (C=O) groups excluding carboxylic acids is 1. The van der Waals surface area contributed by atoms with Crippen LogP contribution in [0, 0.1) is 0 Å². The normalized spacial score (nSPS) is 24.2. The predicted octanol–water partition coefficient (Wildman–Crippen LogP) is 2.79. The molecule has 0 saturated heterocycles. The Balaban J connectivity index is 1.88. The third-order valence-corrected chi connectivity index (χ3v) is 6.28. The second kappa shape index (κ2) is 7.09. The fourth-order valence-corrected chi connectivity index (χ4v) is 4.92. The lowest BCUT2D eigenvalue weighted by Gasteiger charge is -2.47. The maximum Gasteiger partial charge on any atom is 0.546 e. The van der Waals surface area contributed by atoms with E-state index < -0.39 is 34.5 Å². The van der Waals surface area contributed by atoms with Gasteiger partial charge >= 0.3 is 18.2 Å². The zero-order valence-electron chi connectivity index (χ0n) is 17.5. The van der Waals surface area contributed by atoms with Crippen molar-refractivity contribution < 1.29 is 34.5 Å². The van der Waals surface area contributed by atoms with Gasteiger partial charge in [-0.15, -0.1) is 0 Å². The molecule has 11 nitrogen and oxygen atoms in total. The summed E-state index contributed by atoms with van der Waals surface area (Å²) in [5, 5.41) is 30.7. The summed E-state index contributed by atoms with van der Waals surface area (Å²) in [6.45, 7) is 3.22. The first-order valence-electron chi connectivity index (χ1n) is 10.1. The number of aliphatic carboxylic acids is 1. The van der Waals surface area contributed by atoms with Crippen LogP contribution in [0.15, 0.2) is 42.8 Å². The molecule has 0 radical (unpaired) electrons. The highest BCUT2D eigenvalue weighted by molar-refractivity contribution is 6.08. The van der Waals surface area contributed by atoms with Crippen LogP contribution in [0.4, 0.5) is 26.7 Å². The highest BCUT2D eigenvalue weighted by atomic mass is 16.4. The van der Waals surface area contributed by atoms with E-state index in [1.807, 2.05) is 0 Å². The van der Waals surface area contributed by atoms with E-state index in [0.717, 1.165) is 4.90 Å². The standard InChI is InChI=1S/C21H22N4O7/c1-3-17-23(19(29)30)15-5-4-14-12-16(15)25(17,20(31)32)24(14)21(13(2)26)7-10-22(11-8-21)9-6-18(27)28/h4-5,7-8,10-12,17H,3,6,9H2,1-2H3,(H2-,27,28,29,30,31,32)/p+1. The highest BCUT2D eigenvalue weighted by Gasteiger charge is 2.70. The number of ketones is 1. The van der Waals surface area contributed by atoms with Crippen molar-refractivity contribution in [2.45, 2.75) is 38.4 Å². The van der Waals surface area contributed by atoms with E-state index in [9.17, 15) is 29.4 Å². The number of anilines is 2. The van der Waals surface area contributed by atoms with Gasteiger partial charge in [0.2, 0.25) is 6.17 Å². The fraction of sp³-hybridized carbons (Fsp3) is 0.333. The van der Waals surface area contributed by atoms with Crippen molar-refractivity contribution in [1.82, 2.24) is 9.49 Å². The van der Waals surface area contributed by atoms with E-state index in [1.54, 1.807) is 42.4 Å². The molecular weight excluding hydrogens is 420 g/mol. The molecule has 4 rings (SSSR count). The average molecular weight is 443 g/mol.